The minimum atomic E-state index is -0.500. The molecular weight excluding hydrogens is 891 g/mol. The van der Waals surface area contributed by atoms with Crippen molar-refractivity contribution in [1.82, 2.24) is 0 Å². The Morgan fingerprint density at radius 1 is 0.243 bits per heavy atom. The summed E-state index contributed by atoms with van der Waals surface area (Å²) < 4.78 is 0. The smallest absolute Gasteiger partial charge is 0.0713 e. The average Bonchev–Trinajstić information content (AvgIpc) is 3.86. The van der Waals surface area contributed by atoms with Gasteiger partial charge in [-0.3, -0.25) is 0 Å². The van der Waals surface area contributed by atoms with Crippen LogP contribution in [0.3, 0.4) is 0 Å². The van der Waals surface area contributed by atoms with Crippen molar-refractivity contribution in [2.45, 2.75) is 5.41 Å². The standard InChI is InChI=1S/C73H49N/c1-5-23-52(24-6-1)71-65-36-16-15-34-62(65)63-46-42-54(48-67(63)72(71)53-25-7-2-8-26-53)61-33-18-20-39-70(61)74(57-43-40-51(41-44-57)60-37-21-27-50-22-13-14-32-59(50)60)58-45-47-69-66(49-58)64-35-17-19-38-68(64)73(69,55-28-9-3-10-29-55)56-30-11-4-12-31-56/h1-49H. The highest BCUT2D eigenvalue weighted by Crippen LogP contribution is 2.57. The lowest BCUT2D eigenvalue weighted by atomic mass is 9.68. The summed E-state index contributed by atoms with van der Waals surface area (Å²) in [6.07, 6.45) is 0. The summed E-state index contributed by atoms with van der Waals surface area (Å²) in [6.45, 7) is 0. The third-order valence-electron chi connectivity index (χ3n) is 15.5. The van der Waals surface area contributed by atoms with Crippen molar-refractivity contribution >= 4 is 49.4 Å². The van der Waals surface area contributed by atoms with Crippen molar-refractivity contribution in [2.75, 3.05) is 4.90 Å². The molecule has 13 aromatic rings. The van der Waals surface area contributed by atoms with Crippen LogP contribution in [-0.4, -0.2) is 0 Å². The molecule has 0 atom stereocenters. The predicted molar refractivity (Wildman–Crippen MR) is 313 cm³/mol. The van der Waals surface area contributed by atoms with Crippen molar-refractivity contribution in [3.8, 4) is 55.6 Å². The van der Waals surface area contributed by atoms with Crippen LogP contribution in [0, 0.1) is 0 Å². The quantitative estimate of drug-likeness (QED) is 0.130. The summed E-state index contributed by atoms with van der Waals surface area (Å²) in [7, 11) is 0. The van der Waals surface area contributed by atoms with Crippen molar-refractivity contribution < 1.29 is 0 Å². The maximum Gasteiger partial charge on any atom is 0.0713 e. The zero-order chi connectivity index (χ0) is 49.0. The van der Waals surface area contributed by atoms with Crippen LogP contribution in [0.4, 0.5) is 17.1 Å². The van der Waals surface area contributed by atoms with E-state index in [4.69, 9.17) is 0 Å². The van der Waals surface area contributed by atoms with Gasteiger partial charge in [0.05, 0.1) is 11.1 Å². The normalized spacial score (nSPS) is 12.4. The third kappa shape index (κ3) is 6.93. The average molecular weight is 940 g/mol. The Hall–Kier alpha value is -9.56. The van der Waals surface area contributed by atoms with E-state index in [0.717, 1.165) is 28.2 Å². The van der Waals surface area contributed by atoms with Gasteiger partial charge < -0.3 is 4.90 Å². The van der Waals surface area contributed by atoms with Gasteiger partial charge in [0, 0.05) is 16.9 Å². The lowest BCUT2D eigenvalue weighted by Crippen LogP contribution is -2.28. The fourth-order valence-electron chi connectivity index (χ4n) is 12.4. The molecule has 0 aromatic heterocycles. The second kappa shape index (κ2) is 17.9. The van der Waals surface area contributed by atoms with E-state index in [2.05, 4.69) is 302 Å². The molecule has 74 heavy (non-hydrogen) atoms. The van der Waals surface area contributed by atoms with E-state index in [1.54, 1.807) is 0 Å². The van der Waals surface area contributed by atoms with Crippen LogP contribution in [-0.2, 0) is 5.41 Å². The van der Waals surface area contributed by atoms with Crippen LogP contribution in [0.25, 0.3) is 88.0 Å². The Labute approximate surface area is 432 Å². The number of anilines is 3. The molecule has 0 N–H and O–H groups in total. The Balaban J connectivity index is 1.01. The van der Waals surface area contributed by atoms with Gasteiger partial charge in [0.25, 0.3) is 0 Å². The summed E-state index contributed by atoms with van der Waals surface area (Å²) in [4.78, 5) is 2.48. The first-order valence-corrected chi connectivity index (χ1v) is 25.7. The predicted octanol–water partition coefficient (Wildman–Crippen LogP) is 19.6. The molecule has 0 unspecified atom stereocenters. The minimum Gasteiger partial charge on any atom is -0.310 e. The van der Waals surface area contributed by atoms with Crippen molar-refractivity contribution in [1.29, 1.82) is 0 Å². The molecule has 0 heterocycles. The summed E-state index contributed by atoms with van der Waals surface area (Å²) >= 11 is 0. The summed E-state index contributed by atoms with van der Waals surface area (Å²) in [5, 5.41) is 7.43. The molecule has 346 valence electrons. The molecule has 0 saturated carbocycles. The second-order valence-corrected chi connectivity index (χ2v) is 19.5. The van der Waals surface area contributed by atoms with Gasteiger partial charge in [0.1, 0.15) is 0 Å². The summed E-state index contributed by atoms with van der Waals surface area (Å²) in [5.41, 5.74) is 19.9. The van der Waals surface area contributed by atoms with E-state index >= 15 is 0 Å². The first-order valence-electron chi connectivity index (χ1n) is 25.7. The Morgan fingerprint density at radius 2 is 0.730 bits per heavy atom. The highest BCUT2D eigenvalue weighted by Gasteiger charge is 2.46. The molecule has 0 amide bonds. The first-order chi connectivity index (χ1) is 36.7. The molecule has 0 aliphatic heterocycles. The highest BCUT2D eigenvalue weighted by molar-refractivity contribution is 6.22. The number of rotatable bonds is 9. The molecule has 1 nitrogen and oxygen atoms in total. The largest absolute Gasteiger partial charge is 0.310 e. The van der Waals surface area contributed by atoms with Crippen LogP contribution >= 0.6 is 0 Å². The topological polar surface area (TPSA) is 3.24 Å². The van der Waals surface area contributed by atoms with Gasteiger partial charge in [-0.25, -0.2) is 0 Å². The third-order valence-corrected chi connectivity index (χ3v) is 15.5. The molecule has 0 fully saturated rings. The Bertz CT molecular complexity index is 4170. The van der Waals surface area contributed by atoms with Crippen LogP contribution in [0.5, 0.6) is 0 Å². The second-order valence-electron chi connectivity index (χ2n) is 19.5. The van der Waals surface area contributed by atoms with Gasteiger partial charge >= 0.3 is 0 Å². The van der Waals surface area contributed by atoms with Gasteiger partial charge in [0.15, 0.2) is 0 Å². The maximum absolute atomic E-state index is 2.48. The van der Waals surface area contributed by atoms with E-state index < -0.39 is 5.41 Å². The van der Waals surface area contributed by atoms with E-state index in [1.807, 2.05) is 0 Å². The Morgan fingerprint density at radius 3 is 1.43 bits per heavy atom. The van der Waals surface area contributed by atoms with E-state index in [0.29, 0.717) is 0 Å². The van der Waals surface area contributed by atoms with Crippen molar-refractivity contribution in [2.24, 2.45) is 0 Å². The van der Waals surface area contributed by atoms with Crippen LogP contribution in [0.2, 0.25) is 0 Å². The molecule has 0 bridgehead atoms. The molecule has 0 radical (unpaired) electrons. The fraction of sp³-hybridized carbons (Fsp3) is 0.0137. The molecule has 1 aliphatic carbocycles. The number of nitrogens with zero attached hydrogens (tertiary/aromatic N) is 1. The SMILES string of the molecule is c1ccc(-c2c(-c3ccccc3)c3cc(-c4ccccc4N(c4ccc(-c5cccc6ccccc56)cc4)c4ccc5c(c4)-c4ccccc4C5(c4ccccc4)c4ccccc4)ccc3c3ccccc23)cc1. The van der Waals surface area contributed by atoms with Crippen molar-refractivity contribution in [3.05, 3.63) is 320 Å². The lowest BCUT2D eigenvalue weighted by Gasteiger charge is -2.34. The number of fused-ring (bicyclic) bond motifs is 7. The van der Waals surface area contributed by atoms with Crippen molar-refractivity contribution in [3.63, 3.8) is 0 Å². The van der Waals surface area contributed by atoms with Crippen LogP contribution < -0.4 is 4.90 Å². The number of hydrogen-bond donors (Lipinski definition) is 0. The van der Waals surface area contributed by atoms with Gasteiger partial charge in [0.2, 0.25) is 0 Å². The van der Waals surface area contributed by atoms with E-state index in [9.17, 15) is 0 Å². The van der Waals surface area contributed by atoms with Crippen LogP contribution in [0.15, 0.2) is 297 Å². The minimum absolute atomic E-state index is 0.500. The number of benzene rings is 13. The van der Waals surface area contributed by atoms with E-state index in [1.165, 1.54) is 99.1 Å². The highest BCUT2D eigenvalue weighted by atomic mass is 15.1. The zero-order valence-corrected chi connectivity index (χ0v) is 40.7. The van der Waals surface area contributed by atoms with Gasteiger partial charge in [-0.15, -0.1) is 0 Å². The molecule has 1 aliphatic rings. The lowest BCUT2D eigenvalue weighted by molar-refractivity contribution is 0.768. The number of para-hydroxylation sites is 1. The Kier molecular flexibility index (Phi) is 10.5. The summed E-state index contributed by atoms with van der Waals surface area (Å²) in [6, 6.07) is 110. The first kappa shape index (κ1) is 43.2. The molecule has 13 aromatic carbocycles. The fourth-order valence-corrected chi connectivity index (χ4v) is 12.4. The zero-order valence-electron chi connectivity index (χ0n) is 40.7. The molecule has 0 spiro atoms. The van der Waals surface area contributed by atoms with Gasteiger partial charge in [-0.1, -0.05) is 261 Å². The summed E-state index contributed by atoms with van der Waals surface area (Å²) in [5.74, 6) is 0. The monoisotopic (exact) mass is 939 g/mol. The molecular formula is C73H49N. The number of hydrogen-bond acceptors (Lipinski definition) is 1. The van der Waals surface area contributed by atoms with Crippen LogP contribution in [0.1, 0.15) is 22.3 Å². The molecule has 1 heteroatoms. The van der Waals surface area contributed by atoms with Gasteiger partial charge in [-0.05, 0) is 141 Å². The van der Waals surface area contributed by atoms with E-state index in [-0.39, 0.29) is 0 Å². The molecule has 14 rings (SSSR count). The maximum atomic E-state index is 2.48. The van der Waals surface area contributed by atoms with Gasteiger partial charge in [-0.2, -0.15) is 0 Å². The molecule has 0 saturated heterocycles.